The third kappa shape index (κ3) is 8.97. The van der Waals surface area contributed by atoms with Crippen LogP contribution in [0.15, 0.2) is 36.8 Å². The molecular weight excluding hydrogens is 432 g/mol. The molecule has 2 unspecified atom stereocenters. The van der Waals surface area contributed by atoms with E-state index in [0.29, 0.717) is 35.9 Å². The Morgan fingerprint density at radius 2 is 0.800 bits per heavy atom. The molecule has 0 bridgehead atoms. The zero-order valence-corrected chi connectivity index (χ0v) is 24.5. The maximum atomic E-state index is 4.32. The molecular formula is C29H52N6. The van der Waals surface area contributed by atoms with Gasteiger partial charge in [-0.05, 0) is 76.5 Å². The van der Waals surface area contributed by atoms with E-state index >= 15 is 0 Å². The van der Waals surface area contributed by atoms with E-state index < -0.39 is 0 Å². The number of hydrogen-bond donors (Lipinski definition) is 0. The first-order chi connectivity index (χ1) is 16.5. The fraction of sp³-hybridized carbons (Fsp3) is 0.690. The van der Waals surface area contributed by atoms with Gasteiger partial charge in [0.2, 0.25) is 0 Å². The molecule has 0 N–H and O–H groups in total. The normalized spacial score (nSPS) is 13.0. The lowest BCUT2D eigenvalue weighted by molar-refractivity contribution is 0.452. The second-order valence-electron chi connectivity index (χ2n) is 10.7. The SMILES string of the molecule is CC(C)c1ccnn1C(C)C.CCC(C)n1nccc1C(C)C.CCC(C)n1nccc1C(C)C. The topological polar surface area (TPSA) is 53.5 Å². The first-order valence-corrected chi connectivity index (χ1v) is 13.6. The van der Waals surface area contributed by atoms with Gasteiger partial charge in [-0.15, -0.1) is 0 Å². The van der Waals surface area contributed by atoms with Gasteiger partial charge in [0.15, 0.2) is 0 Å². The van der Waals surface area contributed by atoms with E-state index in [1.807, 2.05) is 18.6 Å². The third-order valence-electron chi connectivity index (χ3n) is 6.38. The van der Waals surface area contributed by atoms with Gasteiger partial charge < -0.3 is 0 Å². The largest absolute Gasteiger partial charge is 0.267 e. The van der Waals surface area contributed by atoms with Gasteiger partial charge in [-0.3, -0.25) is 14.0 Å². The third-order valence-corrected chi connectivity index (χ3v) is 6.38. The monoisotopic (exact) mass is 484 g/mol. The van der Waals surface area contributed by atoms with Crippen LogP contribution in [0.4, 0.5) is 0 Å². The van der Waals surface area contributed by atoms with E-state index in [2.05, 4.69) is 131 Å². The Morgan fingerprint density at radius 3 is 1.03 bits per heavy atom. The molecule has 198 valence electrons. The van der Waals surface area contributed by atoms with Crippen LogP contribution in [-0.2, 0) is 0 Å². The van der Waals surface area contributed by atoms with E-state index in [1.165, 1.54) is 17.1 Å². The molecule has 0 saturated heterocycles. The van der Waals surface area contributed by atoms with Crippen molar-refractivity contribution in [1.82, 2.24) is 29.3 Å². The Kier molecular flexibility index (Phi) is 13.1. The van der Waals surface area contributed by atoms with Gasteiger partial charge >= 0.3 is 0 Å². The number of hydrogen-bond acceptors (Lipinski definition) is 3. The molecule has 6 nitrogen and oxygen atoms in total. The van der Waals surface area contributed by atoms with Crippen LogP contribution in [0, 0.1) is 0 Å². The molecule has 0 aliphatic heterocycles. The highest BCUT2D eigenvalue weighted by molar-refractivity contribution is 5.07. The standard InChI is InChI=1S/2C10H18N2.C9H16N2/c2*1-5-9(4)12-10(8(2)3)6-7-11-12;1-7(2)9-5-6-10-11(9)8(3)4/h2*6-9H,5H2,1-4H3;5-8H,1-4H3. The second-order valence-corrected chi connectivity index (χ2v) is 10.7. The van der Waals surface area contributed by atoms with Crippen molar-refractivity contribution >= 4 is 0 Å². The van der Waals surface area contributed by atoms with Gasteiger partial charge in [0.1, 0.15) is 0 Å². The average molecular weight is 485 g/mol. The fourth-order valence-electron chi connectivity index (χ4n) is 3.86. The first-order valence-electron chi connectivity index (χ1n) is 13.6. The summed E-state index contributed by atoms with van der Waals surface area (Å²) in [4.78, 5) is 0. The lowest BCUT2D eigenvalue weighted by Gasteiger charge is -2.15. The first kappa shape index (κ1) is 30.7. The van der Waals surface area contributed by atoms with Gasteiger partial charge in [0.25, 0.3) is 0 Å². The van der Waals surface area contributed by atoms with Crippen molar-refractivity contribution in [3.8, 4) is 0 Å². The summed E-state index contributed by atoms with van der Waals surface area (Å²) in [5.41, 5.74) is 3.99. The summed E-state index contributed by atoms with van der Waals surface area (Å²) in [5, 5.41) is 12.9. The van der Waals surface area contributed by atoms with E-state index in [9.17, 15) is 0 Å². The minimum Gasteiger partial charge on any atom is -0.267 e. The summed E-state index contributed by atoms with van der Waals surface area (Å²) in [5.74, 6) is 1.71. The summed E-state index contributed by atoms with van der Waals surface area (Å²) < 4.78 is 6.33. The molecule has 0 aliphatic rings. The number of nitrogens with zero attached hydrogens (tertiary/aromatic N) is 6. The van der Waals surface area contributed by atoms with Crippen LogP contribution in [0.5, 0.6) is 0 Å². The van der Waals surface area contributed by atoms with Crippen LogP contribution in [0.25, 0.3) is 0 Å². The molecule has 3 heterocycles. The molecule has 0 radical (unpaired) electrons. The quantitative estimate of drug-likeness (QED) is 0.322. The molecule has 0 aromatic carbocycles. The maximum absolute atomic E-state index is 4.32. The van der Waals surface area contributed by atoms with E-state index in [-0.39, 0.29) is 0 Å². The number of rotatable bonds is 8. The molecule has 0 saturated carbocycles. The van der Waals surface area contributed by atoms with Crippen molar-refractivity contribution in [2.45, 2.75) is 132 Å². The van der Waals surface area contributed by atoms with Crippen LogP contribution < -0.4 is 0 Å². The maximum Gasteiger partial charge on any atom is 0.0492 e. The molecule has 3 rings (SSSR count). The number of aromatic nitrogens is 6. The lowest BCUT2D eigenvalue weighted by Crippen LogP contribution is -2.10. The van der Waals surface area contributed by atoms with Crippen molar-refractivity contribution in [2.24, 2.45) is 0 Å². The zero-order valence-electron chi connectivity index (χ0n) is 24.5. The second kappa shape index (κ2) is 14.9. The Morgan fingerprint density at radius 1 is 0.514 bits per heavy atom. The van der Waals surface area contributed by atoms with Gasteiger partial charge in [-0.1, -0.05) is 55.4 Å². The highest BCUT2D eigenvalue weighted by Crippen LogP contribution is 2.20. The molecule has 35 heavy (non-hydrogen) atoms. The molecule has 6 heteroatoms. The van der Waals surface area contributed by atoms with Crippen molar-refractivity contribution < 1.29 is 0 Å². The minimum absolute atomic E-state index is 0.474. The van der Waals surface area contributed by atoms with Gasteiger partial charge in [0.05, 0.1) is 0 Å². The summed E-state index contributed by atoms with van der Waals surface area (Å²) in [6.07, 6.45) is 7.93. The van der Waals surface area contributed by atoms with Gasteiger partial charge in [-0.2, -0.15) is 15.3 Å². The Labute approximate surface area is 215 Å². The van der Waals surface area contributed by atoms with E-state index in [0.717, 1.165) is 12.8 Å². The van der Waals surface area contributed by atoms with E-state index in [4.69, 9.17) is 0 Å². The minimum atomic E-state index is 0.474. The predicted molar refractivity (Wildman–Crippen MR) is 149 cm³/mol. The van der Waals surface area contributed by atoms with Crippen LogP contribution in [0.3, 0.4) is 0 Å². The zero-order chi connectivity index (χ0) is 26.7. The summed E-state index contributed by atoms with van der Waals surface area (Å²) >= 11 is 0. The Bertz CT molecular complexity index is 869. The van der Waals surface area contributed by atoms with Crippen LogP contribution in [0.2, 0.25) is 0 Å². The van der Waals surface area contributed by atoms with E-state index in [1.54, 1.807) is 0 Å². The van der Waals surface area contributed by atoms with Crippen LogP contribution >= 0.6 is 0 Å². The van der Waals surface area contributed by atoms with Crippen molar-refractivity contribution in [1.29, 1.82) is 0 Å². The predicted octanol–water partition coefficient (Wildman–Crippen LogP) is 8.54. The fourth-order valence-corrected chi connectivity index (χ4v) is 3.86. The molecule has 0 aliphatic carbocycles. The van der Waals surface area contributed by atoms with Crippen molar-refractivity contribution in [3.63, 3.8) is 0 Å². The Hall–Kier alpha value is -2.37. The van der Waals surface area contributed by atoms with Crippen molar-refractivity contribution in [2.75, 3.05) is 0 Å². The van der Waals surface area contributed by atoms with Crippen molar-refractivity contribution in [3.05, 3.63) is 53.9 Å². The summed E-state index contributed by atoms with van der Waals surface area (Å²) in [6.45, 7) is 26.3. The molecule has 3 aromatic heterocycles. The molecule has 0 spiro atoms. The summed E-state index contributed by atoms with van der Waals surface area (Å²) in [6, 6.07) is 7.83. The van der Waals surface area contributed by atoms with Crippen LogP contribution in [-0.4, -0.2) is 29.3 Å². The smallest absolute Gasteiger partial charge is 0.0492 e. The van der Waals surface area contributed by atoms with Gasteiger partial charge in [0, 0.05) is 53.8 Å². The lowest BCUT2D eigenvalue weighted by atomic mass is 10.1. The molecule has 2 atom stereocenters. The highest BCUT2D eigenvalue weighted by Gasteiger charge is 2.11. The molecule has 3 aromatic rings. The average Bonchev–Trinajstić information content (AvgIpc) is 3.58. The Balaban J connectivity index is 0.000000263. The van der Waals surface area contributed by atoms with Crippen LogP contribution in [0.1, 0.15) is 149 Å². The van der Waals surface area contributed by atoms with Gasteiger partial charge in [-0.25, -0.2) is 0 Å². The molecule has 0 amide bonds. The molecule has 0 fully saturated rings. The summed E-state index contributed by atoms with van der Waals surface area (Å²) in [7, 11) is 0. The highest BCUT2D eigenvalue weighted by atomic mass is 15.3.